The molecule has 3 aliphatic rings. The largest absolute Gasteiger partial charge is 0.363 e. The lowest BCUT2D eigenvalue weighted by molar-refractivity contribution is -0.145. The van der Waals surface area contributed by atoms with Crippen LogP contribution in [-0.4, -0.2) is 75.9 Å². The lowest BCUT2D eigenvalue weighted by Crippen LogP contribution is -2.62. The minimum absolute atomic E-state index is 0.0649. The number of aryl methyl sites for hydroxylation is 1. The maximum Gasteiger partial charge on any atom is 0.316 e. The number of piperidine rings is 1. The number of hydrogen-bond donors (Lipinski definition) is 4. The molecule has 2 saturated carbocycles. The second kappa shape index (κ2) is 12.2. The van der Waals surface area contributed by atoms with E-state index in [9.17, 15) is 28.8 Å². The summed E-state index contributed by atoms with van der Waals surface area (Å²) in [5.74, 6) is -3.27. The van der Waals surface area contributed by atoms with Gasteiger partial charge in [-0.1, -0.05) is 61.3 Å². The number of primary amides is 1. The van der Waals surface area contributed by atoms with Gasteiger partial charge in [-0.15, -0.1) is 11.3 Å². The zero-order valence-corrected chi connectivity index (χ0v) is 27.7. The minimum atomic E-state index is -1.11. The first-order valence-electron chi connectivity index (χ1n) is 15.3. The summed E-state index contributed by atoms with van der Waals surface area (Å²) in [6.45, 7) is 15.3. The molecule has 3 fully saturated rings. The Morgan fingerprint density at radius 3 is 2.23 bits per heavy atom. The number of likely N-dealkylation sites (tertiary alicyclic amines) is 1. The molecule has 2 aliphatic carbocycles. The lowest BCUT2D eigenvalue weighted by Gasteiger charge is -2.38. The molecule has 2 unspecified atom stereocenters. The normalized spacial score (nSPS) is 24.1. The quantitative estimate of drug-likeness (QED) is 0.202. The number of nitrogens with two attached hydrogens (primary N) is 1. The van der Waals surface area contributed by atoms with Crippen molar-refractivity contribution in [1.82, 2.24) is 25.8 Å². The summed E-state index contributed by atoms with van der Waals surface area (Å²) < 4.78 is 0. The molecule has 0 radical (unpaired) electrons. The van der Waals surface area contributed by atoms with E-state index in [1.54, 1.807) is 6.20 Å². The standard InChI is InChI=1S/C31H46N6O6S/c1-14(2)20(23(39)27-33-12-15(3)44-27)35-29(43)36-24(30(4,5)6)28(42)37-13-17-19(31(17,7)8)21(37)26(41)34-18(11-16-9-10-16)22(38)25(32)40/h12,14,16-21,24H,9-11,13H2,1-8H3,(H2,32,40)(H,34,41)(H2,35,36,43)/t17?,18?,19-,20-,21-,24+/m0/s1. The van der Waals surface area contributed by atoms with E-state index in [0.29, 0.717) is 18.0 Å². The van der Waals surface area contributed by atoms with E-state index in [1.165, 1.54) is 16.2 Å². The van der Waals surface area contributed by atoms with Crippen LogP contribution in [0.25, 0.3) is 0 Å². The van der Waals surface area contributed by atoms with Crippen molar-refractivity contribution in [3.8, 4) is 0 Å². The SMILES string of the molecule is Cc1cnc(C(=O)[C@@H](NC(=O)N[C@H](C(=O)N2CC3[C@@H]([C@H]2C(=O)NC(CC2CC2)C(=O)C(N)=O)C3(C)C)C(C)(C)C)C(C)C)s1. The molecule has 1 aromatic rings. The number of nitrogens with one attached hydrogen (secondary N) is 3. The van der Waals surface area contributed by atoms with Gasteiger partial charge in [0.25, 0.3) is 5.91 Å². The summed E-state index contributed by atoms with van der Waals surface area (Å²) in [6.07, 6.45) is 3.76. The predicted octanol–water partition coefficient (Wildman–Crippen LogP) is 2.20. The Morgan fingerprint density at radius 1 is 1.09 bits per heavy atom. The third kappa shape index (κ3) is 6.97. The van der Waals surface area contributed by atoms with Crippen LogP contribution in [0.1, 0.15) is 82.4 Å². The second-order valence-electron chi connectivity index (χ2n) is 14.6. The molecule has 4 rings (SSSR count). The number of carbonyl (C=O) groups is 6. The van der Waals surface area contributed by atoms with Crippen LogP contribution in [-0.2, 0) is 19.2 Å². The van der Waals surface area contributed by atoms with Crippen molar-refractivity contribution in [2.24, 2.45) is 40.2 Å². The highest BCUT2D eigenvalue weighted by Gasteiger charge is 2.70. The van der Waals surface area contributed by atoms with Crippen molar-refractivity contribution in [3.63, 3.8) is 0 Å². The second-order valence-corrected chi connectivity index (χ2v) is 15.9. The number of amides is 5. The van der Waals surface area contributed by atoms with Gasteiger partial charge in [-0.3, -0.25) is 24.0 Å². The molecule has 1 aliphatic heterocycles. The molecule has 0 aromatic carbocycles. The fourth-order valence-corrected chi connectivity index (χ4v) is 7.17. The fraction of sp³-hybridized carbons (Fsp3) is 0.710. The fourth-order valence-electron chi connectivity index (χ4n) is 6.43. The molecule has 1 saturated heterocycles. The van der Waals surface area contributed by atoms with Crippen molar-refractivity contribution in [2.45, 2.75) is 98.8 Å². The third-order valence-corrected chi connectivity index (χ3v) is 10.3. The highest BCUT2D eigenvalue weighted by atomic mass is 32.1. The Kier molecular flexibility index (Phi) is 9.31. The summed E-state index contributed by atoms with van der Waals surface area (Å²) in [4.78, 5) is 85.3. The van der Waals surface area contributed by atoms with Crippen molar-refractivity contribution in [3.05, 3.63) is 16.1 Å². The van der Waals surface area contributed by atoms with E-state index in [0.717, 1.165) is 17.7 Å². The molecule has 44 heavy (non-hydrogen) atoms. The highest BCUT2D eigenvalue weighted by molar-refractivity contribution is 7.13. The maximum atomic E-state index is 14.2. The van der Waals surface area contributed by atoms with Gasteiger partial charge in [-0.25, -0.2) is 9.78 Å². The van der Waals surface area contributed by atoms with Crippen LogP contribution in [0.15, 0.2) is 6.20 Å². The van der Waals surface area contributed by atoms with E-state index in [2.05, 4.69) is 20.9 Å². The van der Waals surface area contributed by atoms with E-state index < -0.39 is 59.1 Å². The molecule has 6 atom stereocenters. The van der Waals surface area contributed by atoms with Gasteiger partial charge < -0.3 is 26.6 Å². The third-order valence-electron chi connectivity index (χ3n) is 9.36. The molecule has 0 spiro atoms. The lowest BCUT2D eigenvalue weighted by atomic mass is 9.85. The smallest absolute Gasteiger partial charge is 0.316 e. The molecule has 1 aromatic heterocycles. The van der Waals surface area contributed by atoms with Crippen LogP contribution < -0.4 is 21.7 Å². The van der Waals surface area contributed by atoms with Crippen molar-refractivity contribution >= 4 is 46.7 Å². The number of nitrogens with zero attached hydrogens (tertiary/aromatic N) is 2. The van der Waals surface area contributed by atoms with E-state index in [1.807, 2.05) is 55.4 Å². The highest BCUT2D eigenvalue weighted by Crippen LogP contribution is 2.65. The van der Waals surface area contributed by atoms with E-state index >= 15 is 0 Å². The van der Waals surface area contributed by atoms with Gasteiger partial charge in [0.1, 0.15) is 12.1 Å². The summed E-state index contributed by atoms with van der Waals surface area (Å²) in [5, 5.41) is 8.59. The number of aromatic nitrogens is 1. The van der Waals surface area contributed by atoms with Crippen LogP contribution in [0.2, 0.25) is 0 Å². The number of thiazole rings is 1. The van der Waals surface area contributed by atoms with Crippen LogP contribution in [0.5, 0.6) is 0 Å². The Bertz CT molecular complexity index is 1350. The molecule has 0 bridgehead atoms. The van der Waals surface area contributed by atoms with Crippen molar-refractivity contribution < 1.29 is 28.8 Å². The average molecular weight is 631 g/mol. The van der Waals surface area contributed by atoms with Crippen LogP contribution in [0.4, 0.5) is 4.79 Å². The Balaban J connectivity index is 1.53. The maximum absolute atomic E-state index is 14.2. The zero-order valence-electron chi connectivity index (χ0n) is 26.9. The van der Waals surface area contributed by atoms with Crippen LogP contribution >= 0.6 is 11.3 Å². The van der Waals surface area contributed by atoms with Crippen LogP contribution in [0.3, 0.4) is 0 Å². The molecular weight excluding hydrogens is 584 g/mol. The van der Waals surface area contributed by atoms with Crippen molar-refractivity contribution in [2.75, 3.05) is 6.54 Å². The number of rotatable bonds is 12. The van der Waals surface area contributed by atoms with Gasteiger partial charge in [0, 0.05) is 17.6 Å². The molecule has 5 N–H and O–H groups in total. The van der Waals surface area contributed by atoms with E-state index in [4.69, 9.17) is 5.73 Å². The summed E-state index contributed by atoms with van der Waals surface area (Å²) in [5.41, 5.74) is 4.33. The first-order valence-corrected chi connectivity index (χ1v) is 16.1. The number of fused-ring (bicyclic) bond motifs is 1. The number of carbonyl (C=O) groups excluding carboxylic acids is 6. The van der Waals surface area contributed by atoms with Gasteiger partial charge in [0.05, 0.1) is 12.1 Å². The zero-order chi connectivity index (χ0) is 32.9. The summed E-state index contributed by atoms with van der Waals surface area (Å²) in [7, 11) is 0. The minimum Gasteiger partial charge on any atom is -0.363 e. The Hall–Kier alpha value is -3.35. The molecule has 5 amide bonds. The average Bonchev–Trinajstić information content (AvgIpc) is 3.67. The predicted molar refractivity (Wildman–Crippen MR) is 164 cm³/mol. The first kappa shape index (κ1) is 33.5. The number of Topliss-reactive ketones (excluding diaryl/α,β-unsaturated/α-hetero) is 2. The Labute approximate surface area is 262 Å². The summed E-state index contributed by atoms with van der Waals surface area (Å²) >= 11 is 1.25. The molecule has 12 nitrogen and oxygen atoms in total. The number of ketones is 2. The molecule has 2 heterocycles. The van der Waals surface area contributed by atoms with Gasteiger partial charge in [0.15, 0.2) is 5.01 Å². The molecule has 242 valence electrons. The van der Waals surface area contributed by atoms with E-state index in [-0.39, 0.29) is 34.9 Å². The van der Waals surface area contributed by atoms with Gasteiger partial charge in [-0.05, 0) is 47.8 Å². The Morgan fingerprint density at radius 2 is 1.73 bits per heavy atom. The monoisotopic (exact) mass is 630 g/mol. The van der Waals surface area contributed by atoms with Gasteiger partial charge in [0.2, 0.25) is 23.4 Å². The van der Waals surface area contributed by atoms with Gasteiger partial charge >= 0.3 is 6.03 Å². The molecule has 13 heteroatoms. The molecular formula is C31H46N6O6S. The number of hydrogen-bond acceptors (Lipinski definition) is 8. The topological polar surface area (TPSA) is 181 Å². The van der Waals surface area contributed by atoms with Crippen molar-refractivity contribution in [1.29, 1.82) is 0 Å². The van der Waals surface area contributed by atoms with Crippen LogP contribution in [0, 0.1) is 41.4 Å². The van der Waals surface area contributed by atoms with Gasteiger partial charge in [-0.2, -0.15) is 0 Å². The first-order chi connectivity index (χ1) is 20.3. The summed E-state index contributed by atoms with van der Waals surface area (Å²) in [6, 6.07) is -4.49. The number of urea groups is 1.